The number of fused-ring (bicyclic) bond motifs is 3. The van der Waals surface area contributed by atoms with Crippen molar-refractivity contribution in [3.63, 3.8) is 0 Å². The summed E-state index contributed by atoms with van der Waals surface area (Å²) in [6, 6.07) is 6.15. The molecule has 0 radical (unpaired) electrons. The normalized spacial score (nSPS) is 14.9. The first kappa shape index (κ1) is 20.5. The van der Waals surface area contributed by atoms with Crippen LogP contribution in [0.5, 0.6) is 0 Å². The predicted molar refractivity (Wildman–Crippen MR) is 115 cm³/mol. The van der Waals surface area contributed by atoms with Gasteiger partial charge in [0, 0.05) is 43.4 Å². The van der Waals surface area contributed by atoms with E-state index in [9.17, 15) is 14.0 Å². The van der Waals surface area contributed by atoms with Gasteiger partial charge in [0.15, 0.2) is 5.76 Å². The zero-order valence-corrected chi connectivity index (χ0v) is 18.0. The summed E-state index contributed by atoms with van der Waals surface area (Å²) in [5, 5.41) is 7.44. The van der Waals surface area contributed by atoms with Gasteiger partial charge in [-0.05, 0) is 49.4 Å². The Hall–Kier alpha value is -3.42. The lowest BCUT2D eigenvalue weighted by molar-refractivity contribution is -0.122. The van der Waals surface area contributed by atoms with Crippen LogP contribution in [-0.4, -0.2) is 39.6 Å². The summed E-state index contributed by atoms with van der Waals surface area (Å²) in [7, 11) is 0. The van der Waals surface area contributed by atoms with Crippen LogP contribution in [-0.2, 0) is 30.7 Å². The summed E-state index contributed by atoms with van der Waals surface area (Å²) in [5.74, 6) is 0.617. The van der Waals surface area contributed by atoms with Crippen LogP contribution in [0, 0.1) is 12.7 Å². The average Bonchev–Trinajstić information content (AvgIpc) is 3.50. The summed E-state index contributed by atoms with van der Waals surface area (Å²) in [5.41, 5.74) is 4.23. The Bertz CT molecular complexity index is 1190. The van der Waals surface area contributed by atoms with E-state index in [4.69, 9.17) is 4.42 Å². The van der Waals surface area contributed by atoms with Gasteiger partial charge < -0.3 is 14.6 Å². The third-order valence-corrected chi connectivity index (χ3v) is 6.19. The summed E-state index contributed by atoms with van der Waals surface area (Å²) in [6.07, 6.45) is 5.39. The van der Waals surface area contributed by atoms with E-state index in [2.05, 4.69) is 10.4 Å². The van der Waals surface area contributed by atoms with Crippen molar-refractivity contribution in [2.24, 2.45) is 0 Å². The van der Waals surface area contributed by atoms with Gasteiger partial charge in [-0.25, -0.2) is 4.39 Å². The molecule has 0 spiro atoms. The van der Waals surface area contributed by atoms with Crippen LogP contribution in [0.3, 0.4) is 0 Å². The maximum atomic E-state index is 13.3. The van der Waals surface area contributed by atoms with E-state index in [0.29, 0.717) is 17.7 Å². The van der Waals surface area contributed by atoms with Gasteiger partial charge in [-0.3, -0.25) is 14.3 Å². The van der Waals surface area contributed by atoms with Crippen molar-refractivity contribution in [1.29, 1.82) is 0 Å². The number of nitrogens with zero attached hydrogens (tertiary/aromatic N) is 3. The largest absolute Gasteiger partial charge is 0.455 e. The van der Waals surface area contributed by atoms with Gasteiger partial charge in [-0.1, -0.05) is 12.1 Å². The van der Waals surface area contributed by atoms with Crippen LogP contribution >= 0.6 is 0 Å². The van der Waals surface area contributed by atoms with Crippen LogP contribution in [0.15, 0.2) is 34.9 Å². The van der Waals surface area contributed by atoms with E-state index in [1.807, 2.05) is 18.0 Å². The van der Waals surface area contributed by atoms with E-state index in [1.165, 1.54) is 12.1 Å². The molecule has 5 rings (SSSR count). The van der Waals surface area contributed by atoms with E-state index >= 15 is 0 Å². The Morgan fingerprint density at radius 1 is 1.22 bits per heavy atom. The molecule has 1 aliphatic heterocycles. The van der Waals surface area contributed by atoms with Crippen molar-refractivity contribution in [2.45, 2.75) is 45.7 Å². The standard InChI is InChI=1S/C24H25FN4O3/c1-15-21-19(32-23(15)24(31)28-9-2-3-10-28)8-7-17-13-29(27-22(17)21)14-20(30)26-12-16-5-4-6-18(25)11-16/h4-6,11,13H,2-3,7-10,12,14H2,1H3,(H,26,30). The van der Waals surface area contributed by atoms with Crippen molar-refractivity contribution >= 4 is 11.8 Å². The fourth-order valence-corrected chi connectivity index (χ4v) is 4.56. The molecule has 1 saturated heterocycles. The Labute approximate surface area is 185 Å². The third kappa shape index (κ3) is 3.81. The van der Waals surface area contributed by atoms with Gasteiger partial charge in [0.2, 0.25) is 5.91 Å². The van der Waals surface area contributed by atoms with Gasteiger partial charge in [-0.15, -0.1) is 0 Å². The van der Waals surface area contributed by atoms with Crippen molar-refractivity contribution < 1.29 is 18.4 Å². The highest BCUT2D eigenvalue weighted by atomic mass is 19.1. The number of nitrogens with one attached hydrogen (secondary N) is 1. The zero-order chi connectivity index (χ0) is 22.2. The number of aryl methyl sites for hydroxylation is 2. The topological polar surface area (TPSA) is 80.4 Å². The van der Waals surface area contributed by atoms with Gasteiger partial charge in [0.05, 0.1) is 5.69 Å². The molecule has 0 bridgehead atoms. The minimum atomic E-state index is -0.328. The highest BCUT2D eigenvalue weighted by Gasteiger charge is 2.32. The lowest BCUT2D eigenvalue weighted by Gasteiger charge is -2.13. The molecule has 1 fully saturated rings. The van der Waals surface area contributed by atoms with E-state index in [0.717, 1.165) is 60.5 Å². The Morgan fingerprint density at radius 3 is 2.81 bits per heavy atom. The molecule has 0 unspecified atom stereocenters. The molecule has 2 aromatic heterocycles. The summed E-state index contributed by atoms with van der Waals surface area (Å²) in [6.45, 7) is 3.77. The average molecular weight is 436 g/mol. The monoisotopic (exact) mass is 436 g/mol. The molecule has 1 aliphatic carbocycles. The van der Waals surface area contributed by atoms with E-state index < -0.39 is 0 Å². The molecule has 3 aromatic rings. The zero-order valence-electron chi connectivity index (χ0n) is 18.0. The molecule has 1 N–H and O–H groups in total. The number of likely N-dealkylation sites (tertiary alicyclic amines) is 1. The highest BCUT2D eigenvalue weighted by molar-refractivity contribution is 5.95. The number of aromatic nitrogens is 2. The van der Waals surface area contributed by atoms with E-state index in [1.54, 1.807) is 16.8 Å². The predicted octanol–water partition coefficient (Wildman–Crippen LogP) is 3.24. The van der Waals surface area contributed by atoms with Crippen molar-refractivity contribution in [3.05, 3.63) is 64.5 Å². The van der Waals surface area contributed by atoms with Crippen molar-refractivity contribution in [3.8, 4) is 11.3 Å². The number of furan rings is 1. The second-order valence-electron chi connectivity index (χ2n) is 8.46. The maximum Gasteiger partial charge on any atom is 0.289 e. The molecule has 8 heteroatoms. The van der Waals surface area contributed by atoms with Crippen LogP contribution in [0.25, 0.3) is 11.3 Å². The maximum absolute atomic E-state index is 13.3. The molecule has 32 heavy (non-hydrogen) atoms. The molecule has 1 aromatic carbocycles. The molecule has 166 valence electrons. The molecule has 3 heterocycles. The number of carbonyl (C=O) groups is 2. The lowest BCUT2D eigenvalue weighted by atomic mass is 9.93. The summed E-state index contributed by atoms with van der Waals surface area (Å²) in [4.78, 5) is 27.1. The number of carbonyl (C=O) groups excluding carboxylic acids is 2. The summed E-state index contributed by atoms with van der Waals surface area (Å²) >= 11 is 0. The van der Waals surface area contributed by atoms with Crippen molar-refractivity contribution in [2.75, 3.05) is 13.1 Å². The Balaban J connectivity index is 1.32. The fourth-order valence-electron chi connectivity index (χ4n) is 4.56. The van der Waals surface area contributed by atoms with Crippen LogP contribution in [0.4, 0.5) is 4.39 Å². The first-order chi connectivity index (χ1) is 15.5. The van der Waals surface area contributed by atoms with Gasteiger partial charge in [0.25, 0.3) is 5.91 Å². The molecule has 7 nitrogen and oxygen atoms in total. The quantitative estimate of drug-likeness (QED) is 0.666. The number of hydrogen-bond donors (Lipinski definition) is 1. The molecular weight excluding hydrogens is 411 g/mol. The third-order valence-electron chi connectivity index (χ3n) is 6.19. The smallest absolute Gasteiger partial charge is 0.289 e. The van der Waals surface area contributed by atoms with Crippen LogP contribution in [0.1, 0.15) is 45.8 Å². The minimum absolute atomic E-state index is 0.0490. The molecular formula is C24H25FN4O3. The van der Waals surface area contributed by atoms with Crippen molar-refractivity contribution in [1.82, 2.24) is 20.0 Å². The number of rotatable bonds is 5. The van der Waals surface area contributed by atoms with E-state index in [-0.39, 0.29) is 30.7 Å². The molecule has 2 aliphatic rings. The van der Waals surface area contributed by atoms with Gasteiger partial charge in [-0.2, -0.15) is 5.10 Å². The van der Waals surface area contributed by atoms with Gasteiger partial charge in [0.1, 0.15) is 18.1 Å². The van der Waals surface area contributed by atoms with Crippen LogP contribution < -0.4 is 5.32 Å². The number of amides is 2. The second kappa shape index (κ2) is 8.26. The first-order valence-electron chi connectivity index (χ1n) is 11.0. The Kier molecular flexibility index (Phi) is 5.28. The summed E-state index contributed by atoms with van der Waals surface area (Å²) < 4.78 is 20.9. The number of benzene rings is 1. The number of hydrogen-bond acceptors (Lipinski definition) is 4. The number of halogens is 1. The SMILES string of the molecule is Cc1c(C(=O)N2CCCC2)oc2c1-c1nn(CC(=O)NCc3cccc(F)c3)cc1CC2. The minimum Gasteiger partial charge on any atom is -0.455 e. The lowest BCUT2D eigenvalue weighted by Crippen LogP contribution is -2.27. The van der Waals surface area contributed by atoms with Crippen LogP contribution in [0.2, 0.25) is 0 Å². The van der Waals surface area contributed by atoms with Gasteiger partial charge >= 0.3 is 0 Å². The first-order valence-corrected chi connectivity index (χ1v) is 11.0. The second-order valence-corrected chi connectivity index (χ2v) is 8.46. The molecule has 0 saturated carbocycles. The highest BCUT2D eigenvalue weighted by Crippen LogP contribution is 2.38. The Morgan fingerprint density at radius 2 is 2.03 bits per heavy atom. The molecule has 2 amide bonds. The fraction of sp³-hybridized carbons (Fsp3) is 0.375. The molecule has 0 atom stereocenters.